The number of carbonyl (C=O) groups excluding carboxylic acids is 2. The van der Waals surface area contributed by atoms with Gasteiger partial charge in [0.1, 0.15) is 5.60 Å². The minimum atomic E-state index is -0.571. The first-order valence-corrected chi connectivity index (χ1v) is 10.3. The van der Waals surface area contributed by atoms with Crippen LogP contribution in [0.15, 0.2) is 42.6 Å². The topological polar surface area (TPSA) is 49.9 Å². The van der Waals surface area contributed by atoms with Gasteiger partial charge >= 0.3 is 6.09 Å². The van der Waals surface area contributed by atoms with Crippen molar-refractivity contribution in [3.05, 3.63) is 48.2 Å². The maximum absolute atomic E-state index is 12.9. The third-order valence-electron chi connectivity index (χ3n) is 5.06. The number of benzene rings is 1. The van der Waals surface area contributed by atoms with Crippen LogP contribution < -0.4 is 0 Å². The molecule has 1 amide bonds. The van der Waals surface area contributed by atoms with Gasteiger partial charge in [-0.3, -0.25) is 4.79 Å². The van der Waals surface area contributed by atoms with Gasteiger partial charge < -0.3 is 14.5 Å². The number of piperidine rings is 1. The van der Waals surface area contributed by atoms with Crippen LogP contribution in [0.4, 0.5) is 4.79 Å². The summed E-state index contributed by atoms with van der Waals surface area (Å²) in [5.41, 5.74) is 0.510. The Morgan fingerprint density at radius 2 is 1.79 bits per heavy atom. The number of ether oxygens (including phenoxy) is 1. The molecule has 1 heterocycles. The van der Waals surface area contributed by atoms with E-state index in [-0.39, 0.29) is 23.8 Å². The number of amides is 1. The van der Waals surface area contributed by atoms with Gasteiger partial charge in [0.05, 0.1) is 6.04 Å². The van der Waals surface area contributed by atoms with Crippen molar-refractivity contribution in [1.29, 1.82) is 0 Å². The summed E-state index contributed by atoms with van der Waals surface area (Å²) in [6, 6.07) is 9.93. The van der Waals surface area contributed by atoms with Crippen molar-refractivity contribution in [2.45, 2.75) is 59.1 Å². The smallest absolute Gasteiger partial charge is 0.410 e. The molecule has 0 spiro atoms. The first-order valence-electron chi connectivity index (χ1n) is 10.3. The van der Waals surface area contributed by atoms with Crippen molar-refractivity contribution >= 4 is 11.9 Å². The number of likely N-dealkylation sites (tertiary alicyclic amines) is 1. The summed E-state index contributed by atoms with van der Waals surface area (Å²) in [5.74, 6) is -0.119. The van der Waals surface area contributed by atoms with E-state index in [4.69, 9.17) is 4.74 Å². The van der Waals surface area contributed by atoms with E-state index in [0.717, 1.165) is 31.5 Å². The van der Waals surface area contributed by atoms with Crippen LogP contribution in [0.2, 0.25) is 0 Å². The molecule has 0 saturated carbocycles. The minimum Gasteiger partial charge on any atom is -0.444 e. The highest BCUT2D eigenvalue weighted by atomic mass is 16.6. The molecule has 2 rings (SSSR count). The van der Waals surface area contributed by atoms with Crippen LogP contribution in [0.1, 0.15) is 59.1 Å². The van der Waals surface area contributed by atoms with E-state index in [1.54, 1.807) is 11.0 Å². The van der Waals surface area contributed by atoms with Gasteiger partial charge in [-0.05, 0) is 59.1 Å². The molecule has 1 aliphatic rings. The van der Waals surface area contributed by atoms with Crippen LogP contribution in [0, 0.1) is 5.92 Å². The molecule has 0 aromatic heterocycles. The minimum absolute atomic E-state index is 0.0631. The Kier molecular flexibility index (Phi) is 7.67. The second kappa shape index (κ2) is 9.76. The van der Waals surface area contributed by atoms with E-state index in [9.17, 15) is 9.59 Å². The molecule has 2 unspecified atom stereocenters. The molecule has 0 bridgehead atoms. The van der Waals surface area contributed by atoms with E-state index >= 15 is 0 Å². The Hall–Kier alpha value is -2.30. The predicted molar refractivity (Wildman–Crippen MR) is 112 cm³/mol. The Bertz CT molecular complexity index is 675. The maximum atomic E-state index is 12.9. The Labute approximate surface area is 169 Å². The summed E-state index contributed by atoms with van der Waals surface area (Å²) in [7, 11) is 0. The lowest BCUT2D eigenvalue weighted by molar-refractivity contribution is -0.120. The van der Waals surface area contributed by atoms with Gasteiger partial charge in [0.15, 0.2) is 5.78 Å². The molecule has 1 saturated heterocycles. The van der Waals surface area contributed by atoms with Crippen molar-refractivity contribution in [2.75, 3.05) is 19.6 Å². The van der Waals surface area contributed by atoms with E-state index in [1.807, 2.05) is 57.3 Å². The number of hydrogen-bond donors (Lipinski definition) is 0. The molecule has 0 N–H and O–H groups in total. The molecule has 0 aliphatic carbocycles. The summed E-state index contributed by atoms with van der Waals surface area (Å²) in [5, 5.41) is 0. The maximum Gasteiger partial charge on any atom is 0.410 e. The van der Waals surface area contributed by atoms with Gasteiger partial charge in [-0.15, -0.1) is 0 Å². The third kappa shape index (κ3) is 6.11. The Balaban J connectivity index is 2.18. The summed E-state index contributed by atoms with van der Waals surface area (Å²) < 4.78 is 5.64. The first-order chi connectivity index (χ1) is 13.2. The number of ketones is 1. The summed E-state index contributed by atoms with van der Waals surface area (Å²) in [4.78, 5) is 29.4. The largest absolute Gasteiger partial charge is 0.444 e. The molecule has 1 aliphatic heterocycles. The van der Waals surface area contributed by atoms with Crippen LogP contribution in [0.5, 0.6) is 0 Å². The quantitative estimate of drug-likeness (QED) is 0.659. The van der Waals surface area contributed by atoms with Gasteiger partial charge in [-0.1, -0.05) is 30.3 Å². The van der Waals surface area contributed by atoms with Crippen LogP contribution in [0.3, 0.4) is 0 Å². The summed E-state index contributed by atoms with van der Waals surface area (Å²) in [6.45, 7) is 11.8. The molecular formula is C23H34N2O3. The number of nitrogens with zero attached hydrogens (tertiary/aromatic N) is 2. The van der Waals surface area contributed by atoms with Gasteiger partial charge in [0.2, 0.25) is 0 Å². The van der Waals surface area contributed by atoms with Crippen molar-refractivity contribution in [3.63, 3.8) is 0 Å². The molecule has 1 fully saturated rings. The highest BCUT2D eigenvalue weighted by Gasteiger charge is 2.37. The molecule has 1 aromatic carbocycles. The average molecular weight is 387 g/mol. The van der Waals surface area contributed by atoms with E-state index in [1.165, 1.54) is 0 Å². The zero-order valence-electron chi connectivity index (χ0n) is 17.9. The second-order valence-corrected chi connectivity index (χ2v) is 8.27. The van der Waals surface area contributed by atoms with Gasteiger partial charge in [0.25, 0.3) is 0 Å². The number of carbonyl (C=O) groups is 2. The van der Waals surface area contributed by atoms with Crippen LogP contribution in [-0.4, -0.2) is 46.9 Å². The Morgan fingerprint density at radius 3 is 2.36 bits per heavy atom. The lowest BCUT2D eigenvalue weighted by Crippen LogP contribution is -2.46. The lowest BCUT2D eigenvalue weighted by Gasteiger charge is -2.39. The molecule has 0 radical (unpaired) electrons. The fraction of sp³-hybridized carbons (Fsp3) is 0.565. The van der Waals surface area contributed by atoms with E-state index in [2.05, 4.69) is 18.7 Å². The second-order valence-electron chi connectivity index (χ2n) is 8.27. The first kappa shape index (κ1) is 22.0. The molecule has 5 nitrogen and oxygen atoms in total. The van der Waals surface area contributed by atoms with Crippen molar-refractivity contribution < 1.29 is 14.3 Å². The van der Waals surface area contributed by atoms with E-state index < -0.39 is 5.60 Å². The zero-order chi connectivity index (χ0) is 20.7. The van der Waals surface area contributed by atoms with Crippen LogP contribution >= 0.6 is 0 Å². The summed E-state index contributed by atoms with van der Waals surface area (Å²) in [6.07, 6.45) is 4.68. The zero-order valence-corrected chi connectivity index (χ0v) is 17.9. The molecular weight excluding hydrogens is 352 g/mol. The monoisotopic (exact) mass is 386 g/mol. The van der Waals surface area contributed by atoms with E-state index in [0.29, 0.717) is 6.54 Å². The number of rotatable bonds is 6. The summed E-state index contributed by atoms with van der Waals surface area (Å²) >= 11 is 0. The molecule has 154 valence electrons. The standard InChI is InChI=1S/C23H34N2O3/c1-6-24(7-2)16-15-21(26)19-13-14-20(18-11-9-8-10-12-18)25(17-19)22(27)28-23(3,4)5/h8-12,15-16,19-20H,6-7,13-14,17H2,1-5H3. The number of allylic oxidation sites excluding steroid dienone is 1. The van der Waals surface area contributed by atoms with Crippen molar-refractivity contribution in [3.8, 4) is 0 Å². The normalized spacial score (nSPS) is 20.2. The molecule has 5 heteroatoms. The molecule has 2 atom stereocenters. The van der Waals surface area contributed by atoms with Crippen molar-refractivity contribution in [2.24, 2.45) is 5.92 Å². The fourth-order valence-corrected chi connectivity index (χ4v) is 3.50. The SMILES string of the molecule is CCN(C=CC(=O)C1CCC(c2ccccc2)N(C(=O)OC(C)(C)C)C1)CC. The average Bonchev–Trinajstić information content (AvgIpc) is 2.67. The third-order valence-corrected chi connectivity index (χ3v) is 5.06. The van der Waals surface area contributed by atoms with Crippen LogP contribution in [-0.2, 0) is 9.53 Å². The number of hydrogen-bond acceptors (Lipinski definition) is 4. The lowest BCUT2D eigenvalue weighted by atomic mass is 9.87. The molecule has 1 aromatic rings. The van der Waals surface area contributed by atoms with Crippen LogP contribution in [0.25, 0.3) is 0 Å². The van der Waals surface area contributed by atoms with Gasteiger partial charge in [0, 0.05) is 31.8 Å². The fourth-order valence-electron chi connectivity index (χ4n) is 3.50. The highest BCUT2D eigenvalue weighted by molar-refractivity contribution is 5.92. The predicted octanol–water partition coefficient (Wildman–Crippen LogP) is 4.80. The van der Waals surface area contributed by atoms with Gasteiger partial charge in [-0.2, -0.15) is 0 Å². The molecule has 28 heavy (non-hydrogen) atoms. The van der Waals surface area contributed by atoms with Crippen molar-refractivity contribution in [1.82, 2.24) is 9.80 Å². The Morgan fingerprint density at radius 1 is 1.14 bits per heavy atom. The highest BCUT2D eigenvalue weighted by Crippen LogP contribution is 2.35. The van der Waals surface area contributed by atoms with Gasteiger partial charge in [-0.25, -0.2) is 4.79 Å².